The first-order chi connectivity index (χ1) is 9.61. The van der Waals surface area contributed by atoms with Gasteiger partial charge in [-0.1, -0.05) is 23.9 Å². The fourth-order valence-corrected chi connectivity index (χ4v) is 3.46. The first-order valence-corrected chi connectivity index (χ1v) is 7.37. The Labute approximate surface area is 120 Å². The van der Waals surface area contributed by atoms with Gasteiger partial charge in [0, 0.05) is 37.1 Å². The van der Waals surface area contributed by atoms with E-state index in [4.69, 9.17) is 0 Å². The SMILES string of the molecule is CC(=O)SC1CC(=O)N(Cc2ccc3cn[nH]c3c2)C1. The molecule has 2 aromatic rings. The van der Waals surface area contributed by atoms with Gasteiger partial charge >= 0.3 is 0 Å². The number of rotatable bonds is 3. The van der Waals surface area contributed by atoms with Gasteiger partial charge in [0.2, 0.25) is 5.91 Å². The number of fused-ring (bicyclic) bond motifs is 1. The van der Waals surface area contributed by atoms with Crippen molar-refractivity contribution in [3.05, 3.63) is 30.0 Å². The lowest BCUT2D eigenvalue weighted by Gasteiger charge is -2.16. The maximum Gasteiger partial charge on any atom is 0.224 e. The molecule has 1 unspecified atom stereocenters. The summed E-state index contributed by atoms with van der Waals surface area (Å²) in [6.45, 7) is 2.77. The summed E-state index contributed by atoms with van der Waals surface area (Å²) in [4.78, 5) is 24.9. The van der Waals surface area contributed by atoms with Crippen LogP contribution in [0.4, 0.5) is 0 Å². The van der Waals surface area contributed by atoms with Crippen LogP contribution in [0.5, 0.6) is 0 Å². The average Bonchev–Trinajstić information content (AvgIpc) is 2.96. The number of hydrogen-bond donors (Lipinski definition) is 1. The Balaban J connectivity index is 1.70. The fraction of sp³-hybridized carbons (Fsp3) is 0.357. The van der Waals surface area contributed by atoms with E-state index in [9.17, 15) is 9.59 Å². The quantitative estimate of drug-likeness (QED) is 0.938. The monoisotopic (exact) mass is 289 g/mol. The molecule has 0 radical (unpaired) electrons. The van der Waals surface area contributed by atoms with Crippen molar-refractivity contribution in [2.24, 2.45) is 0 Å². The van der Waals surface area contributed by atoms with Gasteiger partial charge in [-0.25, -0.2) is 0 Å². The van der Waals surface area contributed by atoms with Gasteiger partial charge in [0.25, 0.3) is 0 Å². The zero-order valence-electron chi connectivity index (χ0n) is 11.1. The van der Waals surface area contributed by atoms with Crippen molar-refractivity contribution in [3.63, 3.8) is 0 Å². The Morgan fingerprint density at radius 3 is 3.20 bits per heavy atom. The molecule has 1 N–H and O–H groups in total. The Morgan fingerprint density at radius 1 is 1.55 bits per heavy atom. The normalized spacial score (nSPS) is 18.9. The van der Waals surface area contributed by atoms with Crippen LogP contribution >= 0.6 is 11.8 Å². The highest BCUT2D eigenvalue weighted by Crippen LogP contribution is 2.26. The maximum atomic E-state index is 12.0. The molecular weight excluding hydrogens is 274 g/mol. The lowest BCUT2D eigenvalue weighted by Crippen LogP contribution is -2.24. The van der Waals surface area contributed by atoms with Crippen molar-refractivity contribution in [2.45, 2.75) is 25.1 Å². The number of H-pyrrole nitrogens is 1. The summed E-state index contributed by atoms with van der Waals surface area (Å²) >= 11 is 1.27. The molecule has 6 heteroatoms. The van der Waals surface area contributed by atoms with Crippen LogP contribution in [0.15, 0.2) is 24.4 Å². The Bertz CT molecular complexity index is 667. The molecule has 5 nitrogen and oxygen atoms in total. The fourth-order valence-electron chi connectivity index (χ4n) is 2.51. The summed E-state index contributed by atoms with van der Waals surface area (Å²) in [7, 11) is 0. The summed E-state index contributed by atoms with van der Waals surface area (Å²) in [5.74, 6) is 0.119. The van der Waals surface area contributed by atoms with E-state index in [1.54, 1.807) is 13.1 Å². The number of benzene rings is 1. The number of thioether (sulfide) groups is 1. The highest BCUT2D eigenvalue weighted by atomic mass is 32.2. The summed E-state index contributed by atoms with van der Waals surface area (Å²) in [5, 5.41) is 8.14. The van der Waals surface area contributed by atoms with E-state index < -0.39 is 0 Å². The molecule has 1 aliphatic heterocycles. The minimum atomic E-state index is 0.0727. The number of hydrogen-bond acceptors (Lipinski definition) is 4. The van der Waals surface area contributed by atoms with Crippen LogP contribution in [0.25, 0.3) is 10.9 Å². The molecule has 1 aromatic carbocycles. The van der Waals surface area contributed by atoms with Crippen LogP contribution in [0, 0.1) is 0 Å². The summed E-state index contributed by atoms with van der Waals surface area (Å²) in [6.07, 6.45) is 2.23. The van der Waals surface area contributed by atoms with Gasteiger partial charge in [-0.3, -0.25) is 14.7 Å². The van der Waals surface area contributed by atoms with Crippen LogP contribution in [-0.2, 0) is 16.1 Å². The molecule has 104 valence electrons. The van der Waals surface area contributed by atoms with Crippen LogP contribution in [0.1, 0.15) is 18.9 Å². The molecule has 1 atom stereocenters. The van der Waals surface area contributed by atoms with Crippen LogP contribution in [0.3, 0.4) is 0 Å². The number of aromatic amines is 1. The van der Waals surface area contributed by atoms with Gasteiger partial charge in [-0.2, -0.15) is 5.10 Å². The number of carbonyl (C=O) groups excluding carboxylic acids is 2. The second-order valence-electron chi connectivity index (χ2n) is 5.00. The third-order valence-corrected chi connectivity index (χ3v) is 4.37. The van der Waals surface area contributed by atoms with E-state index in [2.05, 4.69) is 10.2 Å². The van der Waals surface area contributed by atoms with E-state index in [1.807, 2.05) is 23.1 Å². The highest BCUT2D eigenvalue weighted by molar-refractivity contribution is 8.14. The summed E-state index contributed by atoms with van der Waals surface area (Å²) in [6, 6.07) is 6.02. The van der Waals surface area contributed by atoms with Gasteiger partial charge in [0.1, 0.15) is 0 Å². The van der Waals surface area contributed by atoms with Crippen molar-refractivity contribution < 1.29 is 9.59 Å². The number of amides is 1. The molecule has 1 saturated heterocycles. The summed E-state index contributed by atoms with van der Waals surface area (Å²) in [5.41, 5.74) is 2.05. The number of carbonyl (C=O) groups is 2. The third kappa shape index (κ3) is 2.70. The van der Waals surface area contributed by atoms with Crippen LogP contribution < -0.4 is 0 Å². The predicted molar refractivity (Wildman–Crippen MR) is 78.2 cm³/mol. The molecular formula is C14H15N3O2S. The zero-order chi connectivity index (χ0) is 14.1. The van der Waals surface area contributed by atoms with Crippen molar-refractivity contribution in [1.82, 2.24) is 15.1 Å². The second-order valence-corrected chi connectivity index (χ2v) is 6.48. The van der Waals surface area contributed by atoms with Gasteiger partial charge in [-0.05, 0) is 11.6 Å². The average molecular weight is 289 g/mol. The van der Waals surface area contributed by atoms with Crippen molar-refractivity contribution in [1.29, 1.82) is 0 Å². The maximum absolute atomic E-state index is 12.0. The van der Waals surface area contributed by atoms with E-state index in [1.165, 1.54) is 11.8 Å². The van der Waals surface area contributed by atoms with Crippen molar-refractivity contribution in [3.8, 4) is 0 Å². The molecule has 1 aliphatic rings. The Hall–Kier alpha value is -1.82. The number of aromatic nitrogens is 2. The third-order valence-electron chi connectivity index (χ3n) is 3.39. The topological polar surface area (TPSA) is 66.1 Å². The summed E-state index contributed by atoms with van der Waals surface area (Å²) < 4.78 is 0. The molecule has 0 saturated carbocycles. The Morgan fingerprint density at radius 2 is 2.40 bits per heavy atom. The number of likely N-dealkylation sites (tertiary alicyclic amines) is 1. The molecule has 1 aromatic heterocycles. The minimum Gasteiger partial charge on any atom is -0.337 e. The zero-order valence-corrected chi connectivity index (χ0v) is 11.9. The van der Waals surface area contributed by atoms with E-state index in [0.717, 1.165) is 16.5 Å². The number of nitrogens with zero attached hydrogens (tertiary/aromatic N) is 2. The van der Waals surface area contributed by atoms with Crippen molar-refractivity contribution >= 4 is 33.7 Å². The van der Waals surface area contributed by atoms with E-state index >= 15 is 0 Å². The minimum absolute atomic E-state index is 0.0727. The molecule has 3 rings (SSSR count). The molecule has 0 bridgehead atoms. The first kappa shape index (κ1) is 13.2. The van der Waals surface area contributed by atoms with Gasteiger partial charge in [-0.15, -0.1) is 0 Å². The highest BCUT2D eigenvalue weighted by Gasteiger charge is 2.30. The predicted octanol–water partition coefficient (Wildman–Crippen LogP) is 1.94. The largest absolute Gasteiger partial charge is 0.337 e. The second kappa shape index (κ2) is 5.28. The van der Waals surface area contributed by atoms with Gasteiger partial charge in [0.15, 0.2) is 5.12 Å². The van der Waals surface area contributed by atoms with Gasteiger partial charge in [0.05, 0.1) is 11.7 Å². The van der Waals surface area contributed by atoms with E-state index in [0.29, 0.717) is 19.5 Å². The van der Waals surface area contributed by atoms with Gasteiger partial charge < -0.3 is 4.90 Å². The Kier molecular flexibility index (Phi) is 3.48. The lowest BCUT2D eigenvalue weighted by atomic mass is 10.1. The molecule has 1 fully saturated rings. The molecule has 0 aliphatic carbocycles. The smallest absolute Gasteiger partial charge is 0.224 e. The van der Waals surface area contributed by atoms with Crippen molar-refractivity contribution in [2.75, 3.05) is 6.54 Å². The van der Waals surface area contributed by atoms with Crippen LogP contribution in [0.2, 0.25) is 0 Å². The number of nitrogens with one attached hydrogen (secondary N) is 1. The molecule has 2 heterocycles. The molecule has 0 spiro atoms. The van der Waals surface area contributed by atoms with Crippen LogP contribution in [-0.4, -0.2) is 37.9 Å². The molecule has 20 heavy (non-hydrogen) atoms. The standard InChI is InChI=1S/C14H15N3O2S/c1-9(18)20-12-5-14(19)17(8-12)7-10-2-3-11-6-15-16-13(11)4-10/h2-4,6,12H,5,7-8H2,1H3,(H,15,16). The lowest BCUT2D eigenvalue weighted by molar-refractivity contribution is -0.128. The first-order valence-electron chi connectivity index (χ1n) is 6.49. The molecule has 1 amide bonds. The van der Waals surface area contributed by atoms with E-state index in [-0.39, 0.29) is 16.3 Å².